The molecule has 1 rings (SSSR count). The molecule has 0 amide bonds. The van der Waals surface area contributed by atoms with Gasteiger partial charge in [0, 0.05) is 0 Å². The fraction of sp³-hybridized carbons (Fsp3) is 0.500. The monoisotopic (exact) mass is 536 g/mol. The maximum absolute atomic E-state index is 2.31. The molecular formula is C16H24Se4. The van der Waals surface area contributed by atoms with Crippen LogP contribution in [0.25, 0.3) is 0 Å². The molecule has 0 aromatic heterocycles. The average molecular weight is 532 g/mol. The first-order chi connectivity index (χ1) is 9.25. The van der Waals surface area contributed by atoms with E-state index in [1.807, 2.05) is 0 Å². The Balaban J connectivity index is 3.33. The molecule has 0 bridgehead atoms. The second kappa shape index (κ2) is 8.61. The molecule has 112 valence electrons. The van der Waals surface area contributed by atoms with Gasteiger partial charge in [-0.25, -0.2) is 0 Å². The summed E-state index contributed by atoms with van der Waals surface area (Å²) >= 11 is 2.63. The molecule has 1 saturated heterocycles. The first kappa shape index (κ1) is 19.1. The zero-order chi connectivity index (χ0) is 15.4. The van der Waals surface area contributed by atoms with E-state index >= 15 is 0 Å². The van der Waals surface area contributed by atoms with Gasteiger partial charge in [-0.05, 0) is 0 Å². The zero-order valence-corrected chi connectivity index (χ0v) is 20.5. The van der Waals surface area contributed by atoms with Crippen molar-refractivity contribution in [2.45, 2.75) is 55.4 Å². The Labute approximate surface area is 147 Å². The van der Waals surface area contributed by atoms with E-state index in [0.29, 0.717) is 52.5 Å². The van der Waals surface area contributed by atoms with Gasteiger partial charge in [0.2, 0.25) is 0 Å². The van der Waals surface area contributed by atoms with Crippen molar-refractivity contribution in [1.82, 2.24) is 0 Å². The SMILES string of the molecule is CC(C)=C1[Se][Se]C(=C(C)C)C(=C(C)C)[Se][Se]C1=C(C)C. The van der Waals surface area contributed by atoms with Crippen LogP contribution in [-0.4, -0.2) is 52.5 Å². The molecular weight excluding hydrogens is 508 g/mol. The number of rotatable bonds is 0. The van der Waals surface area contributed by atoms with E-state index in [4.69, 9.17) is 0 Å². The predicted molar refractivity (Wildman–Crippen MR) is 96.5 cm³/mol. The van der Waals surface area contributed by atoms with Gasteiger partial charge in [0.15, 0.2) is 0 Å². The van der Waals surface area contributed by atoms with E-state index in [1.165, 1.54) is 0 Å². The average Bonchev–Trinajstić information content (AvgIpc) is 2.26. The summed E-state index contributed by atoms with van der Waals surface area (Å²) in [5, 5.41) is 0. The molecule has 0 aliphatic carbocycles. The fourth-order valence-electron chi connectivity index (χ4n) is 1.56. The Morgan fingerprint density at radius 1 is 0.400 bits per heavy atom. The fourth-order valence-corrected chi connectivity index (χ4v) is 27.9. The van der Waals surface area contributed by atoms with Crippen LogP contribution in [-0.2, 0) is 0 Å². The summed E-state index contributed by atoms with van der Waals surface area (Å²) in [5.41, 5.74) is 6.26. The molecule has 0 atom stereocenters. The maximum atomic E-state index is 2.31. The van der Waals surface area contributed by atoms with Crippen LogP contribution in [0.5, 0.6) is 0 Å². The van der Waals surface area contributed by atoms with Gasteiger partial charge in [0.1, 0.15) is 0 Å². The van der Waals surface area contributed by atoms with Crippen LogP contribution < -0.4 is 0 Å². The van der Waals surface area contributed by atoms with Crippen molar-refractivity contribution < 1.29 is 0 Å². The minimum atomic E-state index is 0.657. The zero-order valence-electron chi connectivity index (χ0n) is 13.6. The Kier molecular flexibility index (Phi) is 8.22. The standard InChI is InChI=1S/C16H24Se4/c1-9(2)13-14(10(3)4)18-20-16(12(7)8)15(11(5)6)19-17-13/h1-8H3. The van der Waals surface area contributed by atoms with Crippen LogP contribution in [0.1, 0.15) is 55.4 Å². The quantitative estimate of drug-likeness (QED) is 0.417. The van der Waals surface area contributed by atoms with Gasteiger partial charge in [-0.1, -0.05) is 0 Å². The number of hydrogen-bond acceptors (Lipinski definition) is 0. The first-order valence-corrected chi connectivity index (χ1v) is 18.7. The Morgan fingerprint density at radius 2 is 0.550 bits per heavy atom. The molecule has 0 unspecified atom stereocenters. The molecule has 1 aliphatic rings. The van der Waals surface area contributed by atoms with Crippen molar-refractivity contribution in [2.75, 3.05) is 0 Å². The molecule has 0 aromatic rings. The predicted octanol–water partition coefficient (Wildman–Crippen LogP) is 3.82. The summed E-state index contributed by atoms with van der Waals surface area (Å²) in [7, 11) is 0. The van der Waals surface area contributed by atoms with Crippen molar-refractivity contribution in [1.29, 1.82) is 0 Å². The third-order valence-corrected chi connectivity index (χ3v) is 19.9. The summed E-state index contributed by atoms with van der Waals surface area (Å²) in [4.78, 5) is 0. The van der Waals surface area contributed by atoms with Crippen molar-refractivity contribution in [3.63, 3.8) is 0 Å². The molecule has 1 aliphatic heterocycles. The van der Waals surface area contributed by atoms with Crippen LogP contribution >= 0.6 is 0 Å². The van der Waals surface area contributed by atoms with Gasteiger partial charge >= 0.3 is 148 Å². The van der Waals surface area contributed by atoms with Gasteiger partial charge in [-0.2, -0.15) is 0 Å². The van der Waals surface area contributed by atoms with Crippen molar-refractivity contribution in [2.24, 2.45) is 0 Å². The Bertz CT molecular complexity index is 407. The van der Waals surface area contributed by atoms with Gasteiger partial charge in [0.25, 0.3) is 0 Å². The normalized spacial score (nSPS) is 16.8. The molecule has 0 N–H and O–H groups in total. The third-order valence-electron chi connectivity index (χ3n) is 2.65. The number of hydrogen-bond donors (Lipinski definition) is 0. The van der Waals surface area contributed by atoms with Crippen LogP contribution in [0.4, 0.5) is 0 Å². The van der Waals surface area contributed by atoms with Gasteiger partial charge < -0.3 is 0 Å². The van der Waals surface area contributed by atoms with E-state index in [9.17, 15) is 0 Å². The van der Waals surface area contributed by atoms with Crippen LogP contribution in [0.3, 0.4) is 0 Å². The minimum absolute atomic E-state index is 0.657. The molecule has 0 radical (unpaired) electrons. The van der Waals surface area contributed by atoms with Crippen LogP contribution in [0.2, 0.25) is 0 Å². The summed E-state index contributed by atoms with van der Waals surface area (Å²) in [6.45, 7) is 18.5. The van der Waals surface area contributed by atoms with Crippen molar-refractivity contribution in [3.8, 4) is 0 Å². The molecule has 0 nitrogen and oxygen atoms in total. The molecule has 0 spiro atoms. The second-order valence-electron chi connectivity index (χ2n) is 5.65. The van der Waals surface area contributed by atoms with E-state index in [-0.39, 0.29) is 0 Å². The topological polar surface area (TPSA) is 0 Å². The van der Waals surface area contributed by atoms with E-state index < -0.39 is 0 Å². The Morgan fingerprint density at radius 3 is 0.650 bits per heavy atom. The van der Waals surface area contributed by atoms with Crippen LogP contribution in [0, 0.1) is 0 Å². The second-order valence-corrected chi connectivity index (χ2v) is 17.7. The van der Waals surface area contributed by atoms with E-state index in [2.05, 4.69) is 55.4 Å². The molecule has 1 heterocycles. The molecule has 1 fully saturated rings. The number of allylic oxidation sites excluding steroid dienone is 8. The third kappa shape index (κ3) is 5.05. The van der Waals surface area contributed by atoms with Gasteiger partial charge in [-0.15, -0.1) is 0 Å². The first-order valence-electron chi connectivity index (χ1n) is 6.65. The van der Waals surface area contributed by atoms with E-state index in [0.717, 1.165) is 0 Å². The van der Waals surface area contributed by atoms with Gasteiger partial charge in [0.05, 0.1) is 0 Å². The summed E-state index contributed by atoms with van der Waals surface area (Å²) in [5.74, 6) is 0. The molecule has 4 heteroatoms. The van der Waals surface area contributed by atoms with Crippen LogP contribution in [0.15, 0.2) is 40.2 Å². The molecule has 20 heavy (non-hydrogen) atoms. The summed E-state index contributed by atoms with van der Waals surface area (Å²) in [6.07, 6.45) is 0. The van der Waals surface area contributed by atoms with Gasteiger partial charge in [-0.3, -0.25) is 0 Å². The van der Waals surface area contributed by atoms with Crippen molar-refractivity contribution in [3.05, 3.63) is 40.2 Å². The molecule has 0 aromatic carbocycles. The van der Waals surface area contributed by atoms with Crippen molar-refractivity contribution >= 4 is 52.5 Å². The summed E-state index contributed by atoms with van der Waals surface area (Å²) in [6, 6.07) is 0. The molecule has 0 saturated carbocycles. The summed E-state index contributed by atoms with van der Waals surface area (Å²) < 4.78 is 6.97. The Hall–Kier alpha value is 1.04. The van der Waals surface area contributed by atoms with E-state index in [1.54, 1.807) is 40.2 Å².